The van der Waals surface area contributed by atoms with Gasteiger partial charge in [-0.1, -0.05) is 50.6 Å². The standard InChI is InChI=1S/C35H50N4O5/c1-20-28-15-25(35(28,3)4)16-29(20)37-34(42)32-31(21(2)41)30(19-40)44-39(32)18-23-10-9-11-27(33(23)43-8)24-12-22(17-36-5)13-26(14-24)38(6)7/h9-14,16,20-21,28-32,36,40-41H,15,17-19H2,1-8H3,(H,37,42)/t20-,21-,28-,29-,30-,31+,32-/m0/s1. The first-order valence-corrected chi connectivity index (χ1v) is 15.8. The molecule has 1 amide bonds. The smallest absolute Gasteiger partial charge is 0.240 e. The fraction of sp³-hybridized carbons (Fsp3) is 0.571. The average Bonchev–Trinajstić information content (AvgIpc) is 3.36. The lowest BCUT2D eigenvalue weighted by atomic mass is 9.50. The number of nitrogens with zero attached hydrogens (tertiary/aromatic N) is 2. The third kappa shape index (κ3) is 5.88. The van der Waals surface area contributed by atoms with E-state index >= 15 is 0 Å². The van der Waals surface area contributed by atoms with Crippen molar-refractivity contribution in [3.63, 3.8) is 0 Å². The molecular formula is C35H50N4O5. The Kier molecular flexibility index (Phi) is 9.44. The molecule has 2 aromatic carbocycles. The number of benzene rings is 2. The molecule has 9 nitrogen and oxygen atoms in total. The topological polar surface area (TPSA) is 107 Å². The van der Waals surface area contributed by atoms with Gasteiger partial charge in [0.25, 0.3) is 0 Å². The molecule has 2 bridgehead atoms. The Morgan fingerprint density at radius 1 is 1.25 bits per heavy atom. The van der Waals surface area contributed by atoms with Gasteiger partial charge in [0.2, 0.25) is 5.91 Å². The molecule has 6 rings (SSSR count). The lowest BCUT2D eigenvalue weighted by Crippen LogP contribution is -2.57. The lowest BCUT2D eigenvalue weighted by molar-refractivity contribution is -0.182. The van der Waals surface area contributed by atoms with Gasteiger partial charge in [0.1, 0.15) is 17.9 Å². The van der Waals surface area contributed by atoms with Gasteiger partial charge in [0.15, 0.2) is 0 Å². The molecule has 1 saturated carbocycles. The molecule has 7 atom stereocenters. The number of amides is 1. The van der Waals surface area contributed by atoms with Crippen LogP contribution < -0.4 is 20.3 Å². The van der Waals surface area contributed by atoms with Crippen LogP contribution in [0.2, 0.25) is 0 Å². The Morgan fingerprint density at radius 2 is 2.00 bits per heavy atom. The second-order valence-corrected chi connectivity index (χ2v) is 13.6. The highest BCUT2D eigenvalue weighted by Gasteiger charge is 2.53. The number of aliphatic hydroxyl groups excluding tert-OH is 2. The Balaban J connectivity index is 1.47. The summed E-state index contributed by atoms with van der Waals surface area (Å²) in [6.07, 6.45) is 1.73. The predicted molar refractivity (Wildman–Crippen MR) is 173 cm³/mol. The largest absolute Gasteiger partial charge is 0.496 e. The first kappa shape index (κ1) is 32.4. The number of hydroxylamine groups is 2. The van der Waals surface area contributed by atoms with E-state index < -0.39 is 24.2 Å². The molecule has 0 radical (unpaired) electrons. The zero-order valence-corrected chi connectivity index (χ0v) is 27.4. The number of carbonyl (C=O) groups excluding carboxylic acids is 1. The molecule has 9 heteroatoms. The van der Waals surface area contributed by atoms with Gasteiger partial charge < -0.3 is 30.5 Å². The second kappa shape index (κ2) is 12.8. The number of allylic oxidation sites excluding steroid dienone is 1. The molecular weight excluding hydrogens is 556 g/mol. The van der Waals surface area contributed by atoms with Crippen molar-refractivity contribution < 1.29 is 24.6 Å². The van der Waals surface area contributed by atoms with Crippen molar-refractivity contribution in [3.05, 3.63) is 59.2 Å². The van der Waals surface area contributed by atoms with E-state index in [0.717, 1.165) is 40.9 Å². The summed E-state index contributed by atoms with van der Waals surface area (Å²) >= 11 is 0. The van der Waals surface area contributed by atoms with Crippen LogP contribution in [0.15, 0.2) is 48.0 Å². The Labute approximate surface area is 262 Å². The molecule has 3 aliphatic carbocycles. The lowest BCUT2D eigenvalue weighted by Gasteiger charge is -2.56. The van der Waals surface area contributed by atoms with Crippen molar-refractivity contribution in [3.8, 4) is 16.9 Å². The molecule has 0 spiro atoms. The summed E-state index contributed by atoms with van der Waals surface area (Å²) < 4.78 is 6.02. The summed E-state index contributed by atoms with van der Waals surface area (Å²) in [5, 5.41) is 29.2. The number of hydrogen-bond acceptors (Lipinski definition) is 8. The Hall–Kier alpha value is -2.95. The highest BCUT2D eigenvalue weighted by Crippen LogP contribution is 2.58. The number of aliphatic hydroxyl groups is 2. The summed E-state index contributed by atoms with van der Waals surface area (Å²) in [7, 11) is 7.63. The zero-order chi connectivity index (χ0) is 31.9. The van der Waals surface area contributed by atoms with Crippen molar-refractivity contribution in [2.24, 2.45) is 23.2 Å². The summed E-state index contributed by atoms with van der Waals surface area (Å²) in [4.78, 5) is 22.4. The molecule has 2 aromatic rings. The number of rotatable bonds is 11. The summed E-state index contributed by atoms with van der Waals surface area (Å²) in [6, 6.07) is 11.6. The molecule has 0 aromatic heterocycles. The van der Waals surface area contributed by atoms with Crippen molar-refractivity contribution in [2.45, 2.75) is 71.5 Å². The maximum absolute atomic E-state index is 14.1. The number of nitrogens with one attached hydrogen (secondary N) is 2. The van der Waals surface area contributed by atoms with Gasteiger partial charge in [-0.3, -0.25) is 9.63 Å². The highest BCUT2D eigenvalue weighted by atomic mass is 16.7. The van der Waals surface area contributed by atoms with Crippen LogP contribution in [0.4, 0.5) is 5.69 Å². The van der Waals surface area contributed by atoms with E-state index in [1.54, 1.807) is 19.1 Å². The molecule has 4 aliphatic rings. The average molecular weight is 607 g/mol. The van der Waals surface area contributed by atoms with Crippen LogP contribution >= 0.6 is 0 Å². The van der Waals surface area contributed by atoms with E-state index in [9.17, 15) is 15.0 Å². The number of hydrogen-bond donors (Lipinski definition) is 4. The summed E-state index contributed by atoms with van der Waals surface area (Å²) in [5.74, 6) is 0.699. The van der Waals surface area contributed by atoms with Gasteiger partial charge in [0.05, 0.1) is 32.4 Å². The number of ether oxygens (including phenoxy) is 1. The maximum Gasteiger partial charge on any atom is 0.240 e. The molecule has 44 heavy (non-hydrogen) atoms. The number of methoxy groups -OCH3 is 1. The molecule has 2 fully saturated rings. The number of carbonyl (C=O) groups is 1. The van der Waals surface area contributed by atoms with Gasteiger partial charge in [-0.25, -0.2) is 0 Å². The first-order valence-electron chi connectivity index (χ1n) is 15.8. The van der Waals surface area contributed by atoms with Crippen LogP contribution in [0.3, 0.4) is 0 Å². The predicted octanol–water partition coefficient (Wildman–Crippen LogP) is 3.73. The van der Waals surface area contributed by atoms with E-state index in [1.165, 1.54) is 5.57 Å². The van der Waals surface area contributed by atoms with Crippen molar-refractivity contribution in [1.29, 1.82) is 0 Å². The summed E-state index contributed by atoms with van der Waals surface area (Å²) in [5.41, 5.74) is 6.59. The molecule has 1 saturated heterocycles. The van der Waals surface area contributed by atoms with E-state index in [-0.39, 0.29) is 30.5 Å². The van der Waals surface area contributed by atoms with Gasteiger partial charge in [-0.2, -0.15) is 5.06 Å². The van der Waals surface area contributed by atoms with Crippen LogP contribution in [-0.4, -0.2) is 80.3 Å². The van der Waals surface area contributed by atoms with Crippen molar-refractivity contribution >= 4 is 11.6 Å². The fourth-order valence-electron chi connectivity index (χ4n) is 7.64. The highest BCUT2D eigenvalue weighted by molar-refractivity contribution is 5.83. The van der Waals surface area contributed by atoms with Crippen LogP contribution in [0.5, 0.6) is 5.75 Å². The molecule has 4 N–H and O–H groups in total. The number of fused-ring (bicyclic) bond motifs is 2. The van der Waals surface area contributed by atoms with Gasteiger partial charge in [-0.15, -0.1) is 0 Å². The Bertz CT molecular complexity index is 1390. The SMILES string of the molecule is CNCc1cc(-c2cccc(CN3O[C@@H](CO)[C@@H]([C@H](C)O)[C@H]3C(=O)N[C@H]3C=C4C[C@@H]([C@@H]3C)C4(C)C)c2OC)cc(N(C)C)c1. The number of anilines is 1. The third-order valence-corrected chi connectivity index (χ3v) is 10.3. The van der Waals surface area contributed by atoms with Gasteiger partial charge in [0, 0.05) is 43.4 Å². The van der Waals surface area contributed by atoms with E-state index in [1.807, 2.05) is 39.3 Å². The van der Waals surface area contributed by atoms with E-state index in [2.05, 4.69) is 60.6 Å². The maximum atomic E-state index is 14.1. The molecule has 1 heterocycles. The Morgan fingerprint density at radius 3 is 2.59 bits per heavy atom. The normalized spacial score (nSPS) is 28.2. The summed E-state index contributed by atoms with van der Waals surface area (Å²) in [6.45, 7) is 9.09. The number of para-hydroxylation sites is 1. The zero-order valence-electron chi connectivity index (χ0n) is 27.4. The van der Waals surface area contributed by atoms with Crippen LogP contribution in [0, 0.1) is 23.2 Å². The minimum Gasteiger partial charge on any atom is -0.496 e. The van der Waals surface area contributed by atoms with Crippen molar-refractivity contribution in [2.75, 3.05) is 39.8 Å². The van der Waals surface area contributed by atoms with Gasteiger partial charge in [-0.05, 0) is 67.0 Å². The quantitative estimate of drug-likeness (QED) is 0.287. The van der Waals surface area contributed by atoms with Crippen LogP contribution in [-0.2, 0) is 22.7 Å². The molecule has 1 aliphatic heterocycles. The van der Waals surface area contributed by atoms with E-state index in [4.69, 9.17) is 9.57 Å². The fourth-order valence-corrected chi connectivity index (χ4v) is 7.64. The molecule has 240 valence electrons. The third-order valence-electron chi connectivity index (χ3n) is 10.3. The first-order chi connectivity index (χ1) is 20.9. The monoisotopic (exact) mass is 606 g/mol. The molecule has 0 unspecified atom stereocenters. The van der Waals surface area contributed by atoms with Gasteiger partial charge >= 0.3 is 0 Å². The van der Waals surface area contributed by atoms with E-state index in [0.29, 0.717) is 17.6 Å². The van der Waals surface area contributed by atoms with Crippen LogP contribution in [0.1, 0.15) is 45.2 Å². The minimum absolute atomic E-state index is 0.0809. The minimum atomic E-state index is -0.866. The van der Waals surface area contributed by atoms with Crippen LogP contribution in [0.25, 0.3) is 11.1 Å². The van der Waals surface area contributed by atoms with Crippen molar-refractivity contribution in [1.82, 2.24) is 15.7 Å². The second-order valence-electron chi connectivity index (χ2n) is 13.6.